The zero-order valence-corrected chi connectivity index (χ0v) is 17.7. The highest BCUT2D eigenvalue weighted by Crippen LogP contribution is 2.31. The number of hydrazone groups is 1. The summed E-state index contributed by atoms with van der Waals surface area (Å²) in [6.07, 6.45) is 1.62. The molecule has 0 atom stereocenters. The van der Waals surface area contributed by atoms with Crippen LogP contribution in [0.3, 0.4) is 0 Å². The molecule has 27 heavy (non-hydrogen) atoms. The first-order valence-electron chi connectivity index (χ1n) is 8.11. The molecule has 1 N–H and O–H groups in total. The Labute approximate surface area is 175 Å². The van der Waals surface area contributed by atoms with Crippen LogP contribution in [0.5, 0.6) is 0 Å². The first kappa shape index (κ1) is 19.7. The van der Waals surface area contributed by atoms with E-state index in [1.165, 1.54) is 0 Å². The lowest BCUT2D eigenvalue weighted by molar-refractivity contribution is 0.0955. The maximum absolute atomic E-state index is 12.2. The molecule has 3 aromatic rings. The van der Waals surface area contributed by atoms with E-state index in [9.17, 15) is 4.79 Å². The SMILES string of the molecule is Cc1cc(/C=N\NC(=O)c2cccc(Br)c2)c(C)n1-c1cccc(Cl)c1Cl. The fourth-order valence-corrected chi connectivity index (χ4v) is 3.59. The monoisotopic (exact) mass is 463 g/mol. The lowest BCUT2D eigenvalue weighted by Gasteiger charge is -2.12. The van der Waals surface area contributed by atoms with E-state index in [0.29, 0.717) is 15.6 Å². The Balaban J connectivity index is 1.83. The van der Waals surface area contributed by atoms with E-state index in [2.05, 4.69) is 26.5 Å². The van der Waals surface area contributed by atoms with E-state index in [0.717, 1.165) is 27.1 Å². The van der Waals surface area contributed by atoms with Gasteiger partial charge in [-0.3, -0.25) is 4.79 Å². The highest BCUT2D eigenvalue weighted by atomic mass is 79.9. The van der Waals surface area contributed by atoms with Crippen molar-refractivity contribution in [1.82, 2.24) is 9.99 Å². The van der Waals surface area contributed by atoms with E-state index in [1.807, 2.05) is 42.7 Å². The van der Waals surface area contributed by atoms with Crippen molar-refractivity contribution in [2.24, 2.45) is 5.10 Å². The minimum absolute atomic E-state index is 0.278. The second kappa shape index (κ2) is 8.30. The molecule has 4 nitrogen and oxygen atoms in total. The molecule has 0 aliphatic heterocycles. The predicted octanol–water partition coefficient (Wildman–Crippen LogP) is 5.93. The number of aryl methyl sites for hydroxylation is 1. The number of nitrogens with zero attached hydrogens (tertiary/aromatic N) is 2. The van der Waals surface area contributed by atoms with Gasteiger partial charge in [0.1, 0.15) is 0 Å². The average Bonchev–Trinajstić information content (AvgIpc) is 2.91. The Kier molecular flexibility index (Phi) is 6.05. The average molecular weight is 465 g/mol. The van der Waals surface area contributed by atoms with Crippen molar-refractivity contribution >= 4 is 51.3 Å². The molecule has 0 bridgehead atoms. The van der Waals surface area contributed by atoms with Gasteiger partial charge in [0, 0.05) is 27.0 Å². The molecule has 0 spiro atoms. The molecule has 0 fully saturated rings. The third-order valence-electron chi connectivity index (χ3n) is 4.10. The number of rotatable bonds is 4. The fraction of sp³-hybridized carbons (Fsp3) is 0.100. The summed E-state index contributed by atoms with van der Waals surface area (Å²) < 4.78 is 2.84. The van der Waals surface area contributed by atoms with Gasteiger partial charge in [0.05, 0.1) is 21.9 Å². The Hall–Kier alpha value is -2.08. The maximum atomic E-state index is 12.2. The van der Waals surface area contributed by atoms with Crippen LogP contribution in [-0.2, 0) is 0 Å². The van der Waals surface area contributed by atoms with E-state index in [1.54, 1.807) is 30.5 Å². The number of carbonyl (C=O) groups excluding carboxylic acids is 1. The zero-order valence-electron chi connectivity index (χ0n) is 14.6. The van der Waals surface area contributed by atoms with Gasteiger partial charge in [0.2, 0.25) is 0 Å². The van der Waals surface area contributed by atoms with Gasteiger partial charge >= 0.3 is 0 Å². The van der Waals surface area contributed by atoms with Crippen molar-refractivity contribution in [3.8, 4) is 5.69 Å². The van der Waals surface area contributed by atoms with E-state index < -0.39 is 0 Å². The Morgan fingerprint density at radius 1 is 1.15 bits per heavy atom. The summed E-state index contributed by atoms with van der Waals surface area (Å²) in [4.78, 5) is 12.2. The van der Waals surface area contributed by atoms with Gasteiger partial charge in [-0.1, -0.05) is 51.3 Å². The quantitative estimate of drug-likeness (QED) is 0.377. The molecule has 7 heteroatoms. The molecule has 138 valence electrons. The van der Waals surface area contributed by atoms with Crippen molar-refractivity contribution in [3.05, 3.63) is 85.6 Å². The fourth-order valence-electron chi connectivity index (χ4n) is 2.81. The zero-order chi connectivity index (χ0) is 19.6. The highest BCUT2D eigenvalue weighted by Gasteiger charge is 2.13. The third kappa shape index (κ3) is 4.26. The Morgan fingerprint density at radius 2 is 1.89 bits per heavy atom. The van der Waals surface area contributed by atoms with Crippen LogP contribution in [0.2, 0.25) is 10.0 Å². The molecule has 2 aromatic carbocycles. The molecule has 1 heterocycles. The van der Waals surface area contributed by atoms with Crippen LogP contribution in [0.1, 0.15) is 27.3 Å². The second-order valence-electron chi connectivity index (χ2n) is 5.94. The van der Waals surface area contributed by atoms with Gasteiger partial charge in [-0.2, -0.15) is 5.10 Å². The molecular formula is C20H16BrCl2N3O. The summed E-state index contributed by atoms with van der Waals surface area (Å²) in [7, 11) is 0. The van der Waals surface area contributed by atoms with Gasteiger partial charge in [-0.25, -0.2) is 5.43 Å². The van der Waals surface area contributed by atoms with Gasteiger partial charge in [-0.15, -0.1) is 0 Å². The molecular weight excluding hydrogens is 449 g/mol. The molecule has 0 aliphatic carbocycles. The first-order chi connectivity index (χ1) is 12.9. The Bertz CT molecular complexity index is 1040. The van der Waals surface area contributed by atoms with Gasteiger partial charge in [0.25, 0.3) is 5.91 Å². The van der Waals surface area contributed by atoms with Crippen LogP contribution in [0.15, 0.2) is 58.1 Å². The largest absolute Gasteiger partial charge is 0.316 e. The number of amides is 1. The van der Waals surface area contributed by atoms with Crippen molar-refractivity contribution in [3.63, 3.8) is 0 Å². The molecule has 0 unspecified atom stereocenters. The van der Waals surface area contributed by atoms with Crippen molar-refractivity contribution in [2.75, 3.05) is 0 Å². The van der Waals surface area contributed by atoms with Crippen LogP contribution >= 0.6 is 39.1 Å². The van der Waals surface area contributed by atoms with Crippen LogP contribution in [0.4, 0.5) is 0 Å². The van der Waals surface area contributed by atoms with E-state index in [4.69, 9.17) is 23.2 Å². The molecule has 0 aliphatic rings. The van der Waals surface area contributed by atoms with Gasteiger partial charge in [-0.05, 0) is 50.2 Å². The number of halogens is 3. The number of benzene rings is 2. The minimum atomic E-state index is -0.278. The highest BCUT2D eigenvalue weighted by molar-refractivity contribution is 9.10. The molecule has 0 saturated heterocycles. The standard InChI is InChI=1S/C20H16BrCl2N3O/c1-12-9-15(11-24-25-20(27)14-5-3-6-16(21)10-14)13(2)26(12)18-8-4-7-17(22)19(18)23/h3-11H,1-2H3,(H,25,27)/b24-11-. The number of carbonyl (C=O) groups is 1. The predicted molar refractivity (Wildman–Crippen MR) is 114 cm³/mol. The van der Waals surface area contributed by atoms with Crippen LogP contribution in [-0.4, -0.2) is 16.7 Å². The molecule has 1 aromatic heterocycles. The normalized spacial score (nSPS) is 11.1. The summed E-state index contributed by atoms with van der Waals surface area (Å²) in [5.41, 5.74) is 6.67. The second-order valence-corrected chi connectivity index (χ2v) is 7.65. The molecule has 1 amide bonds. The molecule has 0 saturated carbocycles. The summed E-state index contributed by atoms with van der Waals surface area (Å²) >= 11 is 15.8. The summed E-state index contributed by atoms with van der Waals surface area (Å²) in [5, 5.41) is 5.08. The van der Waals surface area contributed by atoms with E-state index >= 15 is 0 Å². The summed E-state index contributed by atoms with van der Waals surface area (Å²) in [5.74, 6) is -0.278. The van der Waals surface area contributed by atoms with Crippen LogP contribution in [0.25, 0.3) is 5.69 Å². The van der Waals surface area contributed by atoms with E-state index in [-0.39, 0.29) is 5.91 Å². The van der Waals surface area contributed by atoms with Crippen molar-refractivity contribution in [2.45, 2.75) is 13.8 Å². The lowest BCUT2D eigenvalue weighted by atomic mass is 10.2. The number of hydrogen-bond acceptors (Lipinski definition) is 2. The van der Waals surface area contributed by atoms with Crippen LogP contribution in [0, 0.1) is 13.8 Å². The number of aromatic nitrogens is 1. The van der Waals surface area contributed by atoms with Crippen LogP contribution < -0.4 is 5.43 Å². The maximum Gasteiger partial charge on any atom is 0.271 e. The summed E-state index contributed by atoms with van der Waals surface area (Å²) in [6.45, 7) is 3.93. The van der Waals surface area contributed by atoms with Gasteiger partial charge in [0.15, 0.2) is 0 Å². The topological polar surface area (TPSA) is 46.4 Å². The number of nitrogens with one attached hydrogen (secondary N) is 1. The smallest absolute Gasteiger partial charge is 0.271 e. The third-order valence-corrected chi connectivity index (χ3v) is 5.40. The summed E-state index contributed by atoms with van der Waals surface area (Å²) in [6, 6.07) is 14.6. The number of hydrogen-bond donors (Lipinski definition) is 1. The minimum Gasteiger partial charge on any atom is -0.316 e. The molecule has 3 rings (SSSR count). The van der Waals surface area contributed by atoms with Crippen molar-refractivity contribution < 1.29 is 4.79 Å². The van der Waals surface area contributed by atoms with Gasteiger partial charge < -0.3 is 4.57 Å². The lowest BCUT2D eigenvalue weighted by Crippen LogP contribution is -2.17. The van der Waals surface area contributed by atoms with Crippen molar-refractivity contribution in [1.29, 1.82) is 0 Å². The molecule has 0 radical (unpaired) electrons. The first-order valence-corrected chi connectivity index (χ1v) is 9.65. The Morgan fingerprint density at radius 3 is 2.63 bits per heavy atom.